The molecule has 1 atom stereocenters. The zero-order valence-electron chi connectivity index (χ0n) is 10.6. The summed E-state index contributed by atoms with van der Waals surface area (Å²) in [5.74, 6) is -0.254. The Morgan fingerprint density at radius 1 is 1.47 bits per heavy atom. The molecular formula is C15H16N2O2. The van der Waals surface area contributed by atoms with Gasteiger partial charge < -0.3 is 9.67 Å². The lowest BCUT2D eigenvalue weighted by atomic mass is 9.81. The number of nitrogens with zero attached hydrogens (tertiary/aromatic N) is 2. The fourth-order valence-corrected chi connectivity index (χ4v) is 2.93. The summed E-state index contributed by atoms with van der Waals surface area (Å²) in [5, 5.41) is 9.20. The number of carboxylic acids is 1. The third kappa shape index (κ3) is 2.38. The molecule has 1 heterocycles. The van der Waals surface area contributed by atoms with Crippen LogP contribution in [0, 0.1) is 5.92 Å². The summed E-state index contributed by atoms with van der Waals surface area (Å²) in [5.41, 5.74) is 2.69. The molecule has 4 nitrogen and oxygen atoms in total. The number of benzene rings is 1. The van der Waals surface area contributed by atoms with Crippen LogP contribution in [0.2, 0.25) is 0 Å². The predicted octanol–water partition coefficient (Wildman–Crippen LogP) is 2.39. The summed E-state index contributed by atoms with van der Waals surface area (Å²) >= 11 is 0. The average Bonchev–Trinajstić information content (AvgIpc) is 2.90. The van der Waals surface area contributed by atoms with Gasteiger partial charge in [0.15, 0.2) is 0 Å². The van der Waals surface area contributed by atoms with Gasteiger partial charge in [-0.15, -0.1) is 0 Å². The van der Waals surface area contributed by atoms with Crippen molar-refractivity contribution >= 4 is 5.97 Å². The lowest BCUT2D eigenvalue weighted by Crippen LogP contribution is -2.21. The second-order valence-corrected chi connectivity index (χ2v) is 5.12. The third-order valence-electron chi connectivity index (χ3n) is 3.84. The van der Waals surface area contributed by atoms with Crippen LogP contribution in [0.15, 0.2) is 36.9 Å². The molecule has 0 bridgehead atoms. The lowest BCUT2D eigenvalue weighted by Gasteiger charge is -2.25. The van der Waals surface area contributed by atoms with E-state index in [0.29, 0.717) is 11.5 Å². The zero-order valence-corrected chi connectivity index (χ0v) is 10.6. The van der Waals surface area contributed by atoms with Gasteiger partial charge in [0.2, 0.25) is 0 Å². The van der Waals surface area contributed by atoms with Crippen molar-refractivity contribution in [2.45, 2.75) is 25.8 Å². The standard InChI is InChI=1S/C15H16N2O2/c18-15(19)14-3-1-2-12-8-11(4-5-13(12)14)9-17-7-6-16-10-17/h1-3,6-7,10-11H,4-5,8-9H2,(H,18,19). The van der Waals surface area contributed by atoms with E-state index in [9.17, 15) is 9.90 Å². The largest absolute Gasteiger partial charge is 0.478 e. The Bertz CT molecular complexity index is 590. The lowest BCUT2D eigenvalue weighted by molar-refractivity contribution is 0.0695. The molecule has 0 radical (unpaired) electrons. The number of imidazole rings is 1. The topological polar surface area (TPSA) is 55.1 Å². The molecule has 0 aliphatic heterocycles. The fraction of sp³-hybridized carbons (Fsp3) is 0.333. The Hall–Kier alpha value is -2.10. The van der Waals surface area contributed by atoms with E-state index < -0.39 is 5.97 Å². The van der Waals surface area contributed by atoms with E-state index in [1.165, 1.54) is 5.56 Å². The number of rotatable bonds is 3. The van der Waals surface area contributed by atoms with Crippen molar-refractivity contribution in [2.75, 3.05) is 0 Å². The van der Waals surface area contributed by atoms with Crippen LogP contribution in [0.3, 0.4) is 0 Å². The maximum atomic E-state index is 11.2. The highest BCUT2D eigenvalue weighted by Gasteiger charge is 2.22. The van der Waals surface area contributed by atoms with Crippen molar-refractivity contribution in [3.05, 3.63) is 53.6 Å². The van der Waals surface area contributed by atoms with Crippen molar-refractivity contribution in [1.29, 1.82) is 0 Å². The first kappa shape index (κ1) is 12.0. The van der Waals surface area contributed by atoms with Gasteiger partial charge in [0.25, 0.3) is 0 Å². The van der Waals surface area contributed by atoms with E-state index in [-0.39, 0.29) is 0 Å². The van der Waals surface area contributed by atoms with Gasteiger partial charge >= 0.3 is 5.97 Å². The first-order chi connectivity index (χ1) is 9.24. The Kier molecular flexibility index (Phi) is 3.07. The Labute approximate surface area is 111 Å². The molecule has 19 heavy (non-hydrogen) atoms. The second kappa shape index (κ2) is 4.88. The highest BCUT2D eigenvalue weighted by molar-refractivity contribution is 5.89. The van der Waals surface area contributed by atoms with Crippen molar-refractivity contribution in [2.24, 2.45) is 5.92 Å². The number of fused-ring (bicyclic) bond motifs is 1. The molecular weight excluding hydrogens is 240 g/mol. The monoisotopic (exact) mass is 256 g/mol. The van der Waals surface area contributed by atoms with Crippen LogP contribution in [-0.2, 0) is 19.4 Å². The highest BCUT2D eigenvalue weighted by atomic mass is 16.4. The van der Waals surface area contributed by atoms with Crippen molar-refractivity contribution < 1.29 is 9.90 Å². The molecule has 1 N–H and O–H groups in total. The number of carbonyl (C=O) groups is 1. The zero-order chi connectivity index (χ0) is 13.2. The summed E-state index contributed by atoms with van der Waals surface area (Å²) in [6.45, 7) is 0.955. The normalized spacial score (nSPS) is 18.0. The van der Waals surface area contributed by atoms with E-state index in [1.54, 1.807) is 12.3 Å². The van der Waals surface area contributed by atoms with E-state index in [1.807, 2.05) is 18.6 Å². The summed E-state index contributed by atoms with van der Waals surface area (Å²) in [4.78, 5) is 15.3. The second-order valence-electron chi connectivity index (χ2n) is 5.12. The van der Waals surface area contributed by atoms with E-state index in [2.05, 4.69) is 15.6 Å². The van der Waals surface area contributed by atoms with Gasteiger partial charge in [-0.1, -0.05) is 12.1 Å². The number of aromatic carboxylic acids is 1. The molecule has 0 saturated heterocycles. The first-order valence-corrected chi connectivity index (χ1v) is 6.54. The Balaban J connectivity index is 1.81. The maximum Gasteiger partial charge on any atom is 0.335 e. The molecule has 4 heteroatoms. The number of hydrogen-bond acceptors (Lipinski definition) is 2. The van der Waals surface area contributed by atoms with E-state index in [0.717, 1.165) is 31.4 Å². The number of hydrogen-bond donors (Lipinski definition) is 1. The van der Waals surface area contributed by atoms with Gasteiger partial charge in [-0.05, 0) is 42.4 Å². The summed E-state index contributed by atoms with van der Waals surface area (Å²) in [6, 6.07) is 5.61. The van der Waals surface area contributed by atoms with E-state index >= 15 is 0 Å². The summed E-state index contributed by atoms with van der Waals surface area (Å²) in [6.07, 6.45) is 8.45. The molecule has 2 aromatic rings. The van der Waals surface area contributed by atoms with Gasteiger partial charge in [0.1, 0.15) is 0 Å². The van der Waals surface area contributed by atoms with Gasteiger partial charge in [0, 0.05) is 18.9 Å². The molecule has 1 aromatic carbocycles. The highest BCUT2D eigenvalue weighted by Crippen LogP contribution is 2.29. The van der Waals surface area contributed by atoms with Gasteiger partial charge in [-0.25, -0.2) is 9.78 Å². The fourth-order valence-electron chi connectivity index (χ4n) is 2.93. The molecule has 0 fully saturated rings. The van der Waals surface area contributed by atoms with Crippen LogP contribution in [-0.4, -0.2) is 20.6 Å². The van der Waals surface area contributed by atoms with Crippen molar-refractivity contribution in [3.63, 3.8) is 0 Å². The third-order valence-corrected chi connectivity index (χ3v) is 3.84. The van der Waals surface area contributed by atoms with Gasteiger partial charge in [-0.2, -0.15) is 0 Å². The van der Waals surface area contributed by atoms with Crippen molar-refractivity contribution in [1.82, 2.24) is 9.55 Å². The number of aromatic nitrogens is 2. The molecule has 1 aromatic heterocycles. The molecule has 1 aliphatic rings. The minimum atomic E-state index is -0.815. The van der Waals surface area contributed by atoms with Crippen LogP contribution in [0.4, 0.5) is 0 Å². The van der Waals surface area contributed by atoms with Crippen LogP contribution in [0.25, 0.3) is 0 Å². The SMILES string of the molecule is O=C(O)c1cccc2c1CCC(Cn1ccnc1)C2. The minimum absolute atomic E-state index is 0.471. The van der Waals surface area contributed by atoms with Gasteiger partial charge in [-0.3, -0.25) is 0 Å². The Morgan fingerprint density at radius 2 is 2.37 bits per heavy atom. The van der Waals surface area contributed by atoms with Crippen LogP contribution in [0.5, 0.6) is 0 Å². The molecule has 1 unspecified atom stereocenters. The Morgan fingerprint density at radius 3 is 3.11 bits per heavy atom. The molecule has 0 saturated carbocycles. The number of carboxylic acid groups (broad SMARTS) is 1. The molecule has 98 valence electrons. The molecule has 3 rings (SSSR count). The smallest absolute Gasteiger partial charge is 0.335 e. The quantitative estimate of drug-likeness (QED) is 0.917. The summed E-state index contributed by atoms with van der Waals surface area (Å²) in [7, 11) is 0. The van der Waals surface area contributed by atoms with E-state index in [4.69, 9.17) is 0 Å². The van der Waals surface area contributed by atoms with Gasteiger partial charge in [0.05, 0.1) is 11.9 Å². The van der Waals surface area contributed by atoms with Crippen LogP contribution >= 0.6 is 0 Å². The first-order valence-electron chi connectivity index (χ1n) is 6.54. The molecule has 1 aliphatic carbocycles. The van der Waals surface area contributed by atoms with Crippen LogP contribution in [0.1, 0.15) is 27.9 Å². The van der Waals surface area contributed by atoms with Crippen LogP contribution < -0.4 is 0 Å². The maximum absolute atomic E-state index is 11.2. The molecule has 0 amide bonds. The predicted molar refractivity (Wildman–Crippen MR) is 71.1 cm³/mol. The summed E-state index contributed by atoms with van der Waals surface area (Å²) < 4.78 is 2.09. The minimum Gasteiger partial charge on any atom is -0.478 e. The molecule has 0 spiro atoms. The average molecular weight is 256 g/mol. The van der Waals surface area contributed by atoms with Crippen molar-refractivity contribution in [3.8, 4) is 0 Å².